The minimum Gasteiger partial charge on any atom is -0.495 e. The Labute approximate surface area is 207 Å². The monoisotopic (exact) mass is 492 g/mol. The van der Waals surface area contributed by atoms with Crippen molar-refractivity contribution in [1.82, 2.24) is 19.8 Å². The number of likely N-dealkylation sites (N-methyl/N-ethyl adjacent to an activating group) is 2. The van der Waals surface area contributed by atoms with E-state index in [1.165, 1.54) is 10.5 Å². The Morgan fingerprint density at radius 1 is 1.23 bits per heavy atom. The van der Waals surface area contributed by atoms with Crippen molar-refractivity contribution in [3.8, 4) is 5.75 Å². The van der Waals surface area contributed by atoms with E-state index in [9.17, 15) is 9.59 Å². The van der Waals surface area contributed by atoms with Crippen LogP contribution in [0.4, 0.5) is 11.5 Å². The Hall–Kier alpha value is -3.53. The normalized spacial score (nSPS) is 16.1. The zero-order valence-electron chi connectivity index (χ0n) is 20.3. The molecule has 0 saturated carbocycles. The van der Waals surface area contributed by atoms with Gasteiger partial charge in [-0.15, -0.1) is 11.3 Å². The molecule has 0 fully saturated rings. The molecule has 182 valence electrons. The molecule has 9 nitrogen and oxygen atoms in total. The van der Waals surface area contributed by atoms with Crippen LogP contribution in [0.1, 0.15) is 28.0 Å². The molecule has 3 heterocycles. The lowest BCUT2D eigenvalue weighted by Gasteiger charge is -2.27. The quantitative estimate of drug-likeness (QED) is 0.568. The number of rotatable bonds is 6. The van der Waals surface area contributed by atoms with E-state index in [4.69, 9.17) is 4.74 Å². The van der Waals surface area contributed by atoms with Gasteiger partial charge in [-0.3, -0.25) is 14.6 Å². The molecule has 2 aliphatic rings. The van der Waals surface area contributed by atoms with Crippen molar-refractivity contribution >= 4 is 51.1 Å². The molecule has 1 aliphatic carbocycles. The first kappa shape index (κ1) is 23.2. The van der Waals surface area contributed by atoms with Gasteiger partial charge in [-0.2, -0.15) is 0 Å². The van der Waals surface area contributed by atoms with Crippen LogP contribution >= 0.6 is 11.3 Å². The van der Waals surface area contributed by atoms with Crippen LogP contribution in [0.15, 0.2) is 23.5 Å². The van der Waals surface area contributed by atoms with Gasteiger partial charge < -0.3 is 19.9 Å². The maximum absolute atomic E-state index is 13.0. The fraction of sp³-hybridized carbons (Fsp3) is 0.400. The maximum Gasteiger partial charge on any atom is 0.241 e. The first-order chi connectivity index (χ1) is 16.9. The van der Waals surface area contributed by atoms with Crippen LogP contribution in [0.2, 0.25) is 0 Å². The molecule has 2 amide bonds. The molecule has 0 spiro atoms. The van der Waals surface area contributed by atoms with Crippen LogP contribution in [0.3, 0.4) is 0 Å². The van der Waals surface area contributed by atoms with E-state index in [1.54, 1.807) is 50.8 Å². The second-order valence-corrected chi connectivity index (χ2v) is 10.3. The molecule has 0 saturated heterocycles. The fourth-order valence-corrected chi connectivity index (χ4v) is 5.95. The molecule has 3 aromatic rings. The summed E-state index contributed by atoms with van der Waals surface area (Å²) in [6.45, 7) is 0.759. The van der Waals surface area contributed by atoms with Gasteiger partial charge in [0.2, 0.25) is 11.8 Å². The molecule has 35 heavy (non-hydrogen) atoms. The lowest BCUT2D eigenvalue weighted by atomic mass is 9.87. The van der Waals surface area contributed by atoms with Crippen LogP contribution in [0, 0.1) is 5.92 Å². The third kappa shape index (κ3) is 4.34. The van der Waals surface area contributed by atoms with Gasteiger partial charge in [-0.25, -0.2) is 9.97 Å². The first-order valence-electron chi connectivity index (χ1n) is 11.5. The highest BCUT2D eigenvalue weighted by molar-refractivity contribution is 7.19. The van der Waals surface area contributed by atoms with E-state index in [0.717, 1.165) is 56.3 Å². The summed E-state index contributed by atoms with van der Waals surface area (Å²) in [5.41, 5.74) is 4.24. The topological polar surface area (TPSA) is 100 Å². The third-order valence-corrected chi connectivity index (χ3v) is 7.81. The minimum absolute atomic E-state index is 0.0114. The molecule has 1 N–H and O–H groups in total. The Balaban J connectivity index is 1.41. The molecule has 5 rings (SSSR count). The number of amides is 2. The van der Waals surface area contributed by atoms with Crippen molar-refractivity contribution in [1.29, 1.82) is 0 Å². The molecule has 1 atom stereocenters. The first-order valence-corrected chi connectivity index (χ1v) is 12.4. The predicted molar refractivity (Wildman–Crippen MR) is 137 cm³/mol. The number of ether oxygens (including phenoxy) is 1. The summed E-state index contributed by atoms with van der Waals surface area (Å²) in [5, 5.41) is 4.47. The SMILES string of the molecule is COc1cc2c(cc1Nc1ncnc3sc4c(c13)CC[C@H](C(=O)N(C)CC(=O)N(C)C)C4)C=NC2. The van der Waals surface area contributed by atoms with Crippen LogP contribution in [0.25, 0.3) is 10.2 Å². The van der Waals surface area contributed by atoms with Crippen molar-refractivity contribution in [3.63, 3.8) is 0 Å². The van der Waals surface area contributed by atoms with Crippen LogP contribution in [-0.4, -0.2) is 72.6 Å². The lowest BCUT2D eigenvalue weighted by Crippen LogP contribution is -2.41. The molecular weight excluding hydrogens is 464 g/mol. The molecule has 10 heteroatoms. The summed E-state index contributed by atoms with van der Waals surface area (Å²) in [7, 11) is 6.75. The summed E-state index contributed by atoms with van der Waals surface area (Å²) in [4.78, 5) is 43.6. The third-order valence-electron chi connectivity index (χ3n) is 6.65. The highest BCUT2D eigenvalue weighted by Gasteiger charge is 2.31. The molecule has 0 radical (unpaired) electrons. The zero-order chi connectivity index (χ0) is 24.7. The lowest BCUT2D eigenvalue weighted by molar-refractivity contribution is -0.140. The number of carbonyl (C=O) groups is 2. The van der Waals surface area contributed by atoms with Crippen LogP contribution < -0.4 is 10.1 Å². The van der Waals surface area contributed by atoms with Crippen LogP contribution in [-0.2, 0) is 29.0 Å². The summed E-state index contributed by atoms with van der Waals surface area (Å²) >= 11 is 1.62. The summed E-state index contributed by atoms with van der Waals surface area (Å²) in [6.07, 6.45) is 5.58. The zero-order valence-corrected chi connectivity index (χ0v) is 21.1. The average Bonchev–Trinajstić information content (AvgIpc) is 3.46. The van der Waals surface area contributed by atoms with E-state index >= 15 is 0 Å². The van der Waals surface area contributed by atoms with Crippen LogP contribution in [0.5, 0.6) is 5.75 Å². The number of methoxy groups -OCH3 is 1. The average molecular weight is 493 g/mol. The van der Waals surface area contributed by atoms with Gasteiger partial charge in [0.1, 0.15) is 22.7 Å². The van der Waals surface area contributed by atoms with Crippen molar-refractivity contribution in [2.45, 2.75) is 25.8 Å². The molecule has 0 unspecified atom stereocenters. The number of anilines is 2. The number of benzene rings is 1. The highest BCUT2D eigenvalue weighted by atomic mass is 32.1. The molecule has 0 bridgehead atoms. The van der Waals surface area contributed by atoms with Crippen molar-refractivity contribution in [2.24, 2.45) is 10.9 Å². The number of thiophene rings is 1. The summed E-state index contributed by atoms with van der Waals surface area (Å²) in [6, 6.07) is 4.05. The Bertz CT molecular complexity index is 1350. The second kappa shape index (κ2) is 9.26. The van der Waals surface area contributed by atoms with E-state index < -0.39 is 0 Å². The van der Waals surface area contributed by atoms with Gasteiger partial charge in [-0.1, -0.05) is 0 Å². The number of carbonyl (C=O) groups excluding carboxylic acids is 2. The number of hydrogen-bond donors (Lipinski definition) is 1. The van der Waals surface area contributed by atoms with Gasteiger partial charge >= 0.3 is 0 Å². The number of aliphatic imine (C=N–C) groups is 1. The van der Waals surface area contributed by atoms with Crippen molar-refractivity contribution in [2.75, 3.05) is 40.1 Å². The van der Waals surface area contributed by atoms with E-state index in [2.05, 4.69) is 20.3 Å². The Morgan fingerprint density at radius 2 is 2.06 bits per heavy atom. The van der Waals surface area contributed by atoms with Gasteiger partial charge in [0.25, 0.3) is 0 Å². The largest absolute Gasteiger partial charge is 0.495 e. The van der Waals surface area contributed by atoms with Crippen molar-refractivity contribution in [3.05, 3.63) is 40.0 Å². The van der Waals surface area contributed by atoms with E-state index in [0.29, 0.717) is 13.0 Å². The Kier molecular flexibility index (Phi) is 6.14. The number of aryl methyl sites for hydroxylation is 1. The maximum atomic E-state index is 13.0. The number of nitrogens with one attached hydrogen (secondary N) is 1. The molecular formula is C25H28N6O3S. The predicted octanol–water partition coefficient (Wildman–Crippen LogP) is 3.03. The molecule has 1 aromatic carbocycles. The van der Waals surface area contributed by atoms with E-state index in [1.807, 2.05) is 18.3 Å². The number of hydrogen-bond acceptors (Lipinski definition) is 8. The summed E-state index contributed by atoms with van der Waals surface area (Å²) in [5.74, 6) is 1.26. The molecule has 1 aliphatic heterocycles. The highest BCUT2D eigenvalue weighted by Crippen LogP contribution is 2.42. The van der Waals surface area contributed by atoms with Crippen molar-refractivity contribution < 1.29 is 14.3 Å². The fourth-order valence-electron chi connectivity index (χ4n) is 4.68. The minimum atomic E-state index is -0.143. The second-order valence-electron chi connectivity index (χ2n) is 9.17. The smallest absolute Gasteiger partial charge is 0.241 e. The number of fused-ring (bicyclic) bond motifs is 4. The standard InChI is InChI=1S/C25H28N6O3S/c1-30(2)21(32)12-31(3)25(33)14-5-6-17-20(9-14)35-24-22(17)23(27-13-28-24)29-18-7-15-10-26-11-16(15)8-19(18)34-4/h7-8,10,13-14H,5-6,9,11-12H2,1-4H3,(H,27,28,29)/t14-/m0/s1. The van der Waals surface area contributed by atoms with E-state index in [-0.39, 0.29) is 24.3 Å². The van der Waals surface area contributed by atoms with Gasteiger partial charge in [0.05, 0.1) is 31.3 Å². The molecule has 2 aromatic heterocycles. The Morgan fingerprint density at radius 3 is 2.83 bits per heavy atom. The van der Waals surface area contributed by atoms with Gasteiger partial charge in [0.15, 0.2) is 0 Å². The number of aromatic nitrogens is 2. The van der Waals surface area contributed by atoms with Gasteiger partial charge in [0, 0.05) is 38.2 Å². The summed E-state index contributed by atoms with van der Waals surface area (Å²) < 4.78 is 5.63. The number of nitrogens with zero attached hydrogens (tertiary/aromatic N) is 5. The van der Waals surface area contributed by atoms with Gasteiger partial charge in [-0.05, 0) is 48.1 Å².